The molecule has 0 aliphatic carbocycles. The lowest BCUT2D eigenvalue weighted by atomic mass is 10.2. The minimum Gasteiger partial charge on any atom is -0.496 e. The van der Waals surface area contributed by atoms with E-state index in [-0.39, 0.29) is 12.3 Å². The highest BCUT2D eigenvalue weighted by molar-refractivity contribution is 6.30. The predicted octanol–water partition coefficient (Wildman–Crippen LogP) is 4.43. The van der Waals surface area contributed by atoms with E-state index in [1.54, 1.807) is 61.5 Å². The van der Waals surface area contributed by atoms with Crippen molar-refractivity contribution < 1.29 is 14.3 Å². The third-order valence-corrected chi connectivity index (χ3v) is 3.96. The second-order valence-corrected chi connectivity index (χ2v) is 6.13. The summed E-state index contributed by atoms with van der Waals surface area (Å²) in [4.78, 5) is 13.9. The highest BCUT2D eigenvalue weighted by atomic mass is 35.5. The second-order valence-electron chi connectivity index (χ2n) is 5.26. The Labute approximate surface area is 151 Å². The molecule has 0 unspecified atom stereocenters. The normalized spacial score (nSPS) is 10.3. The first kappa shape index (κ1) is 18.4. The van der Waals surface area contributed by atoms with Gasteiger partial charge in [-0.15, -0.1) is 0 Å². The molecule has 0 N–H and O–H groups in total. The molecule has 0 aliphatic heterocycles. The van der Waals surface area contributed by atoms with E-state index in [1.165, 1.54) is 0 Å². The molecule has 2 rings (SSSR count). The lowest BCUT2D eigenvalue weighted by molar-refractivity contribution is -0.130. The Morgan fingerprint density at radius 2 is 1.75 bits per heavy atom. The van der Waals surface area contributed by atoms with Gasteiger partial charge in [0.05, 0.1) is 20.1 Å². The molecule has 2 aromatic rings. The van der Waals surface area contributed by atoms with E-state index in [9.17, 15) is 4.79 Å². The average molecular weight is 368 g/mol. The van der Waals surface area contributed by atoms with Crippen LogP contribution in [0.25, 0.3) is 0 Å². The zero-order chi connectivity index (χ0) is 17.5. The molecule has 0 radical (unpaired) electrons. The van der Waals surface area contributed by atoms with Crippen LogP contribution >= 0.6 is 23.2 Å². The monoisotopic (exact) mass is 367 g/mol. The average Bonchev–Trinajstić information content (AvgIpc) is 2.56. The van der Waals surface area contributed by atoms with Crippen molar-refractivity contribution in [1.29, 1.82) is 0 Å². The van der Waals surface area contributed by atoms with Gasteiger partial charge in [-0.25, -0.2) is 0 Å². The molecule has 1 amide bonds. The van der Waals surface area contributed by atoms with Crippen LogP contribution in [0.1, 0.15) is 12.0 Å². The Bertz CT molecular complexity index is 689. The molecule has 0 atom stereocenters. The summed E-state index contributed by atoms with van der Waals surface area (Å²) < 4.78 is 10.8. The minimum absolute atomic E-state index is 0.0222. The molecule has 0 aromatic heterocycles. The van der Waals surface area contributed by atoms with Crippen LogP contribution in [0.3, 0.4) is 0 Å². The maximum atomic E-state index is 12.2. The number of methoxy groups -OCH3 is 1. The van der Waals surface area contributed by atoms with Gasteiger partial charge in [0.1, 0.15) is 11.5 Å². The molecule has 24 heavy (non-hydrogen) atoms. The number of hydrogen-bond acceptors (Lipinski definition) is 3. The number of carbonyl (C=O) groups excluding carboxylic acids is 1. The van der Waals surface area contributed by atoms with Crippen molar-refractivity contribution in [2.45, 2.75) is 13.0 Å². The number of hydrogen-bond donors (Lipinski definition) is 0. The van der Waals surface area contributed by atoms with Gasteiger partial charge in [-0.3, -0.25) is 4.79 Å². The van der Waals surface area contributed by atoms with Gasteiger partial charge in [0.2, 0.25) is 5.91 Å². The third kappa shape index (κ3) is 5.32. The molecule has 0 aliphatic rings. The van der Waals surface area contributed by atoms with E-state index in [0.29, 0.717) is 34.7 Å². The molecule has 2 aromatic carbocycles. The summed E-state index contributed by atoms with van der Waals surface area (Å²) in [6.45, 7) is 0.723. The van der Waals surface area contributed by atoms with Crippen LogP contribution in [0.4, 0.5) is 0 Å². The fourth-order valence-electron chi connectivity index (χ4n) is 2.19. The van der Waals surface area contributed by atoms with Crippen molar-refractivity contribution in [1.82, 2.24) is 4.90 Å². The van der Waals surface area contributed by atoms with Gasteiger partial charge >= 0.3 is 0 Å². The van der Waals surface area contributed by atoms with Gasteiger partial charge in [0, 0.05) is 29.2 Å². The van der Waals surface area contributed by atoms with Crippen LogP contribution in [0.15, 0.2) is 42.5 Å². The highest BCUT2D eigenvalue weighted by Crippen LogP contribution is 2.24. The van der Waals surface area contributed by atoms with Crippen LogP contribution in [0, 0.1) is 0 Å². The zero-order valence-corrected chi connectivity index (χ0v) is 15.1. The molecular formula is C18H19Cl2NO3. The van der Waals surface area contributed by atoms with Crippen LogP contribution in [-0.2, 0) is 11.3 Å². The summed E-state index contributed by atoms with van der Waals surface area (Å²) in [5.74, 6) is 1.37. The van der Waals surface area contributed by atoms with Gasteiger partial charge < -0.3 is 14.4 Å². The third-order valence-electron chi connectivity index (χ3n) is 3.47. The Morgan fingerprint density at radius 1 is 1.08 bits per heavy atom. The van der Waals surface area contributed by atoms with Crippen molar-refractivity contribution in [2.24, 2.45) is 0 Å². The number of rotatable bonds is 7. The molecule has 128 valence electrons. The molecule has 0 saturated carbocycles. The minimum atomic E-state index is -0.0222. The molecule has 4 nitrogen and oxygen atoms in total. The van der Waals surface area contributed by atoms with Gasteiger partial charge in [-0.2, -0.15) is 0 Å². The molecule has 0 heterocycles. The first-order valence-corrected chi connectivity index (χ1v) is 8.20. The zero-order valence-electron chi connectivity index (χ0n) is 13.6. The maximum Gasteiger partial charge on any atom is 0.226 e. The van der Waals surface area contributed by atoms with Crippen LogP contribution < -0.4 is 9.47 Å². The molecule has 6 heteroatoms. The van der Waals surface area contributed by atoms with Gasteiger partial charge in [-0.1, -0.05) is 23.2 Å². The van der Waals surface area contributed by atoms with Gasteiger partial charge in [0.25, 0.3) is 0 Å². The first-order valence-electron chi connectivity index (χ1n) is 7.44. The number of ether oxygens (including phenoxy) is 2. The number of amides is 1. The van der Waals surface area contributed by atoms with E-state index in [4.69, 9.17) is 32.7 Å². The topological polar surface area (TPSA) is 38.8 Å². The Morgan fingerprint density at radius 3 is 2.42 bits per heavy atom. The Balaban J connectivity index is 1.86. The van der Waals surface area contributed by atoms with E-state index in [0.717, 1.165) is 5.56 Å². The number of nitrogens with zero attached hydrogens (tertiary/aromatic N) is 1. The van der Waals surface area contributed by atoms with Crippen LogP contribution in [0.2, 0.25) is 10.0 Å². The summed E-state index contributed by atoms with van der Waals surface area (Å²) in [6.07, 6.45) is 0.280. The summed E-state index contributed by atoms with van der Waals surface area (Å²) in [5, 5.41) is 1.26. The summed E-state index contributed by atoms with van der Waals surface area (Å²) in [7, 11) is 3.33. The van der Waals surface area contributed by atoms with Crippen LogP contribution in [-0.4, -0.2) is 31.6 Å². The SMILES string of the molecule is COc1ccc(Cl)cc1CN(C)C(=O)CCOc1ccc(Cl)cc1. The summed E-state index contributed by atoms with van der Waals surface area (Å²) in [5.41, 5.74) is 0.861. The highest BCUT2D eigenvalue weighted by Gasteiger charge is 2.13. The lowest BCUT2D eigenvalue weighted by Crippen LogP contribution is -2.27. The Hall–Kier alpha value is -1.91. The smallest absolute Gasteiger partial charge is 0.226 e. The van der Waals surface area contributed by atoms with E-state index >= 15 is 0 Å². The van der Waals surface area contributed by atoms with Crippen LogP contribution in [0.5, 0.6) is 11.5 Å². The molecular weight excluding hydrogens is 349 g/mol. The van der Waals surface area contributed by atoms with Crippen molar-refractivity contribution in [3.63, 3.8) is 0 Å². The molecule has 0 spiro atoms. The summed E-state index contributed by atoms with van der Waals surface area (Å²) >= 11 is 11.8. The first-order chi connectivity index (χ1) is 11.5. The quantitative estimate of drug-likeness (QED) is 0.726. The number of halogens is 2. The standard InChI is InChI=1S/C18H19Cl2NO3/c1-21(12-13-11-15(20)5-8-17(13)23-2)18(22)9-10-24-16-6-3-14(19)4-7-16/h3-8,11H,9-10,12H2,1-2H3. The van der Waals surface area contributed by atoms with E-state index in [1.807, 2.05) is 0 Å². The lowest BCUT2D eigenvalue weighted by Gasteiger charge is -2.19. The largest absolute Gasteiger partial charge is 0.496 e. The Kier molecular flexibility index (Phi) is 6.76. The second kappa shape index (κ2) is 8.81. The molecule has 0 fully saturated rings. The number of benzene rings is 2. The molecule has 0 bridgehead atoms. The van der Waals surface area contributed by atoms with Gasteiger partial charge in [-0.05, 0) is 42.5 Å². The maximum absolute atomic E-state index is 12.2. The fraction of sp³-hybridized carbons (Fsp3) is 0.278. The predicted molar refractivity (Wildman–Crippen MR) is 96.0 cm³/mol. The molecule has 0 saturated heterocycles. The van der Waals surface area contributed by atoms with Crippen molar-refractivity contribution in [3.05, 3.63) is 58.1 Å². The fourth-order valence-corrected chi connectivity index (χ4v) is 2.51. The summed E-state index contributed by atoms with van der Waals surface area (Å²) in [6, 6.07) is 12.4. The van der Waals surface area contributed by atoms with Crippen molar-refractivity contribution >= 4 is 29.1 Å². The van der Waals surface area contributed by atoms with Crippen molar-refractivity contribution in [3.8, 4) is 11.5 Å². The van der Waals surface area contributed by atoms with Gasteiger partial charge in [0.15, 0.2) is 0 Å². The van der Waals surface area contributed by atoms with E-state index < -0.39 is 0 Å². The van der Waals surface area contributed by atoms with Crippen molar-refractivity contribution in [2.75, 3.05) is 20.8 Å². The number of carbonyl (C=O) groups is 1. The van der Waals surface area contributed by atoms with E-state index in [2.05, 4.69) is 0 Å².